The molecule has 2 heterocycles. The third-order valence-corrected chi connectivity index (χ3v) is 6.90. The van der Waals surface area contributed by atoms with Gasteiger partial charge < -0.3 is 14.6 Å². The number of sulfone groups is 1. The zero-order valence-corrected chi connectivity index (χ0v) is 16.1. The number of rotatable bonds is 6. The van der Waals surface area contributed by atoms with Crippen LogP contribution in [0.5, 0.6) is 5.75 Å². The summed E-state index contributed by atoms with van der Waals surface area (Å²) in [5.41, 5.74) is 0.817. The predicted octanol–water partition coefficient (Wildman–Crippen LogP) is 0.886. The van der Waals surface area contributed by atoms with Gasteiger partial charge in [0.25, 0.3) is 0 Å². The molecule has 0 bridgehead atoms. The highest BCUT2D eigenvalue weighted by Crippen LogP contribution is 2.29. The Morgan fingerprint density at radius 2 is 2.15 bits per heavy atom. The lowest BCUT2D eigenvalue weighted by molar-refractivity contribution is -0.119. The average Bonchev–Trinajstić information content (AvgIpc) is 3.14. The summed E-state index contributed by atoms with van der Waals surface area (Å²) >= 11 is 1.25. The van der Waals surface area contributed by atoms with Gasteiger partial charge in [-0.15, -0.1) is 10.2 Å². The first-order valence-corrected chi connectivity index (χ1v) is 10.9. The minimum atomic E-state index is -3.01. The van der Waals surface area contributed by atoms with Crippen LogP contribution in [0.2, 0.25) is 0 Å². The van der Waals surface area contributed by atoms with Crippen molar-refractivity contribution in [3.63, 3.8) is 0 Å². The summed E-state index contributed by atoms with van der Waals surface area (Å²) in [7, 11) is 0.412. The summed E-state index contributed by atoms with van der Waals surface area (Å²) < 4.78 is 30.0. The number of benzene rings is 1. The lowest BCUT2D eigenvalue weighted by Crippen LogP contribution is -2.36. The molecule has 1 saturated heterocycles. The van der Waals surface area contributed by atoms with Crippen molar-refractivity contribution in [3.8, 4) is 17.1 Å². The van der Waals surface area contributed by atoms with Gasteiger partial charge in [-0.2, -0.15) is 0 Å². The topological polar surface area (TPSA) is 103 Å². The van der Waals surface area contributed by atoms with E-state index < -0.39 is 9.84 Å². The van der Waals surface area contributed by atoms with Crippen molar-refractivity contribution in [2.24, 2.45) is 7.05 Å². The highest BCUT2D eigenvalue weighted by molar-refractivity contribution is 7.99. The molecule has 0 unspecified atom stereocenters. The second-order valence-electron chi connectivity index (χ2n) is 6.02. The van der Waals surface area contributed by atoms with Crippen molar-refractivity contribution in [2.45, 2.75) is 17.6 Å². The summed E-state index contributed by atoms with van der Waals surface area (Å²) in [6.45, 7) is 0. The predicted molar refractivity (Wildman–Crippen MR) is 98.9 cm³/mol. The second kappa shape index (κ2) is 7.67. The quantitative estimate of drug-likeness (QED) is 0.723. The van der Waals surface area contributed by atoms with Crippen LogP contribution in [-0.4, -0.2) is 59.5 Å². The van der Waals surface area contributed by atoms with E-state index in [1.54, 1.807) is 11.7 Å². The summed E-state index contributed by atoms with van der Waals surface area (Å²) in [5, 5.41) is 11.7. The Hall–Kier alpha value is -2.07. The van der Waals surface area contributed by atoms with E-state index in [9.17, 15) is 13.2 Å². The number of hydrogen-bond acceptors (Lipinski definition) is 7. The minimum Gasteiger partial charge on any atom is -0.496 e. The molecule has 1 N–H and O–H groups in total. The van der Waals surface area contributed by atoms with Crippen molar-refractivity contribution < 1.29 is 17.9 Å². The van der Waals surface area contributed by atoms with E-state index >= 15 is 0 Å². The highest BCUT2D eigenvalue weighted by Gasteiger charge is 2.29. The third-order valence-electron chi connectivity index (χ3n) is 4.11. The van der Waals surface area contributed by atoms with Crippen LogP contribution in [0.3, 0.4) is 0 Å². The molecule has 10 heteroatoms. The molecule has 1 aliphatic rings. The number of methoxy groups -OCH3 is 1. The van der Waals surface area contributed by atoms with E-state index in [4.69, 9.17) is 4.74 Å². The Balaban J connectivity index is 1.63. The number of ether oxygens (including phenoxy) is 1. The fraction of sp³-hybridized carbons (Fsp3) is 0.438. The number of carbonyl (C=O) groups is 1. The number of amides is 1. The van der Waals surface area contributed by atoms with Crippen LogP contribution in [0, 0.1) is 0 Å². The largest absolute Gasteiger partial charge is 0.496 e. The monoisotopic (exact) mass is 396 g/mol. The molecule has 8 nitrogen and oxygen atoms in total. The fourth-order valence-electron chi connectivity index (χ4n) is 2.81. The van der Waals surface area contributed by atoms with Gasteiger partial charge in [-0.25, -0.2) is 8.42 Å². The van der Waals surface area contributed by atoms with Crippen LogP contribution in [-0.2, 0) is 21.7 Å². The average molecular weight is 396 g/mol. The zero-order chi connectivity index (χ0) is 18.7. The molecule has 1 aromatic heterocycles. The molecule has 1 atom stereocenters. The molecule has 2 aromatic rings. The fourth-order valence-corrected chi connectivity index (χ4v) is 5.21. The maximum Gasteiger partial charge on any atom is 0.230 e. The number of para-hydroxylation sites is 1. The van der Waals surface area contributed by atoms with E-state index in [0.29, 0.717) is 23.2 Å². The smallest absolute Gasteiger partial charge is 0.230 e. The number of nitrogens with zero attached hydrogens (tertiary/aromatic N) is 3. The molecule has 0 spiro atoms. The minimum absolute atomic E-state index is 0.0192. The summed E-state index contributed by atoms with van der Waals surface area (Å²) in [6.07, 6.45) is 0.473. The Morgan fingerprint density at radius 1 is 1.38 bits per heavy atom. The molecule has 0 radical (unpaired) electrons. The molecule has 3 rings (SSSR count). The van der Waals surface area contributed by atoms with Gasteiger partial charge in [-0.05, 0) is 18.6 Å². The van der Waals surface area contributed by atoms with Gasteiger partial charge in [0.05, 0.1) is 29.9 Å². The van der Waals surface area contributed by atoms with Gasteiger partial charge >= 0.3 is 0 Å². The van der Waals surface area contributed by atoms with Crippen LogP contribution >= 0.6 is 11.8 Å². The molecule has 1 fully saturated rings. The second-order valence-corrected chi connectivity index (χ2v) is 9.19. The van der Waals surface area contributed by atoms with Crippen LogP contribution in [0.1, 0.15) is 6.42 Å². The molecule has 0 saturated carbocycles. The van der Waals surface area contributed by atoms with Crippen molar-refractivity contribution >= 4 is 27.5 Å². The van der Waals surface area contributed by atoms with Gasteiger partial charge in [0.2, 0.25) is 5.91 Å². The van der Waals surface area contributed by atoms with E-state index in [0.717, 1.165) is 5.56 Å². The standard InChI is InChI=1S/C16H20N4O4S2/c1-20-15(12-5-3-4-6-13(12)24-2)18-19-16(20)25-9-14(21)17-11-7-8-26(22,23)10-11/h3-6,11H,7-10H2,1-2H3,(H,17,21)/t11-/m0/s1. The van der Waals surface area contributed by atoms with Gasteiger partial charge in [0, 0.05) is 13.1 Å². The zero-order valence-electron chi connectivity index (χ0n) is 14.5. The highest BCUT2D eigenvalue weighted by atomic mass is 32.2. The third kappa shape index (κ3) is 4.18. The normalized spacial score (nSPS) is 18.6. The Bertz CT molecular complexity index is 911. The number of hydrogen-bond donors (Lipinski definition) is 1. The summed E-state index contributed by atoms with van der Waals surface area (Å²) in [6, 6.07) is 7.21. The number of carbonyl (C=O) groups excluding carboxylic acids is 1. The Labute approximate surface area is 156 Å². The maximum atomic E-state index is 12.1. The number of thioether (sulfide) groups is 1. The van der Waals surface area contributed by atoms with Crippen LogP contribution < -0.4 is 10.1 Å². The van der Waals surface area contributed by atoms with Gasteiger partial charge in [-0.3, -0.25) is 4.79 Å². The Morgan fingerprint density at radius 3 is 2.85 bits per heavy atom. The lowest BCUT2D eigenvalue weighted by atomic mass is 10.2. The molecule has 140 valence electrons. The molecule has 1 amide bonds. The maximum absolute atomic E-state index is 12.1. The van der Waals surface area contributed by atoms with Crippen molar-refractivity contribution in [1.29, 1.82) is 0 Å². The lowest BCUT2D eigenvalue weighted by Gasteiger charge is -2.10. The molecule has 1 aromatic carbocycles. The van der Waals surface area contributed by atoms with Crippen molar-refractivity contribution in [2.75, 3.05) is 24.4 Å². The van der Waals surface area contributed by atoms with Crippen LogP contribution in [0.4, 0.5) is 0 Å². The molecular weight excluding hydrogens is 376 g/mol. The Kier molecular flexibility index (Phi) is 5.52. The summed E-state index contributed by atoms with van der Waals surface area (Å²) in [4.78, 5) is 12.1. The van der Waals surface area contributed by atoms with E-state index in [-0.39, 0.29) is 29.2 Å². The number of aromatic nitrogens is 3. The first-order valence-electron chi connectivity index (χ1n) is 8.05. The van der Waals surface area contributed by atoms with Crippen LogP contribution in [0.25, 0.3) is 11.4 Å². The van der Waals surface area contributed by atoms with Crippen molar-refractivity contribution in [3.05, 3.63) is 24.3 Å². The van der Waals surface area contributed by atoms with E-state index in [1.165, 1.54) is 11.8 Å². The van der Waals surface area contributed by atoms with Gasteiger partial charge in [0.1, 0.15) is 5.75 Å². The SMILES string of the molecule is COc1ccccc1-c1nnc(SCC(=O)N[C@H]2CCS(=O)(=O)C2)n1C. The molecule has 0 aliphatic carbocycles. The van der Waals surface area contributed by atoms with E-state index in [2.05, 4.69) is 15.5 Å². The van der Waals surface area contributed by atoms with Crippen LogP contribution in [0.15, 0.2) is 29.4 Å². The first-order chi connectivity index (χ1) is 12.4. The van der Waals surface area contributed by atoms with Gasteiger partial charge in [-0.1, -0.05) is 23.9 Å². The number of nitrogens with one attached hydrogen (secondary N) is 1. The van der Waals surface area contributed by atoms with E-state index in [1.807, 2.05) is 31.3 Å². The summed E-state index contributed by atoms with van der Waals surface area (Å²) in [5.74, 6) is 1.43. The molecule has 1 aliphatic heterocycles. The van der Waals surface area contributed by atoms with Crippen molar-refractivity contribution in [1.82, 2.24) is 20.1 Å². The molecule has 26 heavy (non-hydrogen) atoms. The van der Waals surface area contributed by atoms with Gasteiger partial charge in [0.15, 0.2) is 20.8 Å². The first kappa shape index (κ1) is 18.7. The molecular formula is C16H20N4O4S2.